The number of carbonyl (C=O) groups excluding carboxylic acids is 2. The molecule has 4 heterocycles. The summed E-state index contributed by atoms with van der Waals surface area (Å²) < 4.78 is 26.2. The van der Waals surface area contributed by atoms with Gasteiger partial charge >= 0.3 is 6.09 Å². The van der Waals surface area contributed by atoms with Crippen molar-refractivity contribution in [3.05, 3.63) is 53.2 Å². The van der Waals surface area contributed by atoms with Gasteiger partial charge in [-0.3, -0.25) is 4.79 Å². The Kier molecular flexibility index (Phi) is 6.40. The number of fused-ring (bicyclic) bond motifs is 2. The number of hydrogen-bond acceptors (Lipinski definition) is 8. The van der Waals surface area contributed by atoms with Crippen molar-refractivity contribution in [2.75, 3.05) is 19.0 Å². The number of anilines is 1. The summed E-state index contributed by atoms with van der Waals surface area (Å²) in [6.07, 6.45) is 7.61. The minimum atomic E-state index is -0.481. The standard InChI is InChI=1S/C24H26FN7O4/c1-13-8-27-22(33)18-11-29-32-12-19(14-3-5-17(6-4-14)30-24(34)35-2)20(31-21(18)32)26-9-15-7-16(25)10-28-23(15)36-13/h3,7,10-13,17H,4-6,8-9H2,1-2H3,(H,26,31)(H,27,33)(H,30,34)/t13-,17?/m0/s1. The predicted octanol–water partition coefficient (Wildman–Crippen LogP) is 2.68. The van der Waals surface area contributed by atoms with Crippen LogP contribution < -0.4 is 20.7 Å². The van der Waals surface area contributed by atoms with E-state index in [0.29, 0.717) is 35.4 Å². The van der Waals surface area contributed by atoms with Crippen molar-refractivity contribution in [3.63, 3.8) is 0 Å². The van der Waals surface area contributed by atoms with Crippen LogP contribution in [0.1, 0.15) is 47.7 Å². The second-order valence-electron chi connectivity index (χ2n) is 8.78. The number of allylic oxidation sites excluding steroid dienone is 1. The number of amides is 2. The van der Waals surface area contributed by atoms with Crippen molar-refractivity contribution in [2.24, 2.45) is 0 Å². The molecule has 188 valence electrons. The van der Waals surface area contributed by atoms with Crippen LogP contribution in [0.3, 0.4) is 0 Å². The Morgan fingerprint density at radius 3 is 2.94 bits per heavy atom. The number of ether oxygens (including phenoxy) is 2. The van der Waals surface area contributed by atoms with E-state index < -0.39 is 18.0 Å². The SMILES string of the molecule is COC(=O)NC1CC=C(c2cn3ncc4c3nc2NCc2cc(F)cnc2O[C@@H](C)CNC4=O)CC1. The molecule has 1 unspecified atom stereocenters. The van der Waals surface area contributed by atoms with E-state index in [9.17, 15) is 14.0 Å². The molecular formula is C24H26FN7O4. The number of hydrogen-bond donors (Lipinski definition) is 3. The monoisotopic (exact) mass is 495 g/mol. The van der Waals surface area contributed by atoms with Crippen LogP contribution >= 0.6 is 0 Å². The summed E-state index contributed by atoms with van der Waals surface area (Å²) in [4.78, 5) is 33.3. The second-order valence-corrected chi connectivity index (χ2v) is 8.78. The van der Waals surface area contributed by atoms with Crippen LogP contribution in [-0.2, 0) is 11.3 Å². The van der Waals surface area contributed by atoms with Gasteiger partial charge in [0.2, 0.25) is 5.88 Å². The Bertz CT molecular complexity index is 1360. The highest BCUT2D eigenvalue weighted by atomic mass is 19.1. The number of alkyl carbamates (subject to hydrolysis) is 1. The first kappa shape index (κ1) is 23.5. The molecule has 5 rings (SSSR count). The number of rotatable bonds is 2. The number of nitrogens with one attached hydrogen (secondary N) is 3. The number of nitrogens with zero attached hydrogens (tertiary/aromatic N) is 4. The zero-order valence-electron chi connectivity index (χ0n) is 19.9. The van der Waals surface area contributed by atoms with Crippen molar-refractivity contribution >= 4 is 29.0 Å². The highest BCUT2D eigenvalue weighted by molar-refractivity contribution is 6.00. The molecule has 2 bridgehead atoms. The molecule has 2 aliphatic rings. The Morgan fingerprint density at radius 1 is 1.31 bits per heavy atom. The van der Waals surface area contributed by atoms with E-state index in [1.165, 1.54) is 19.4 Å². The van der Waals surface area contributed by atoms with E-state index >= 15 is 0 Å². The number of carbonyl (C=O) groups is 2. The molecule has 3 aromatic heterocycles. The lowest BCUT2D eigenvalue weighted by atomic mass is 9.91. The maximum atomic E-state index is 14.0. The van der Waals surface area contributed by atoms with Gasteiger partial charge in [-0.05, 0) is 37.8 Å². The molecule has 0 spiro atoms. The van der Waals surface area contributed by atoms with Gasteiger partial charge in [-0.2, -0.15) is 5.10 Å². The molecule has 1 aliphatic heterocycles. The summed E-state index contributed by atoms with van der Waals surface area (Å²) in [6.45, 7) is 2.22. The molecule has 11 nitrogen and oxygen atoms in total. The van der Waals surface area contributed by atoms with Crippen LogP contribution in [0.4, 0.5) is 15.0 Å². The Morgan fingerprint density at radius 2 is 2.17 bits per heavy atom. The van der Waals surface area contributed by atoms with Crippen LogP contribution in [0.2, 0.25) is 0 Å². The molecule has 2 atom stereocenters. The topological polar surface area (TPSA) is 132 Å². The number of methoxy groups -OCH3 is 1. The van der Waals surface area contributed by atoms with E-state index in [4.69, 9.17) is 14.5 Å². The van der Waals surface area contributed by atoms with Crippen LogP contribution in [0.15, 0.2) is 30.7 Å². The molecule has 12 heteroatoms. The molecule has 36 heavy (non-hydrogen) atoms. The molecule has 3 aromatic rings. The predicted molar refractivity (Wildman–Crippen MR) is 128 cm³/mol. The van der Waals surface area contributed by atoms with Gasteiger partial charge < -0.3 is 25.4 Å². The molecule has 0 saturated heterocycles. The maximum Gasteiger partial charge on any atom is 0.407 e. The third-order valence-corrected chi connectivity index (χ3v) is 6.20. The average Bonchev–Trinajstić information content (AvgIpc) is 3.29. The minimum absolute atomic E-state index is 0.0315. The van der Waals surface area contributed by atoms with E-state index in [-0.39, 0.29) is 30.9 Å². The summed E-state index contributed by atoms with van der Waals surface area (Å²) in [5.41, 5.74) is 3.06. The van der Waals surface area contributed by atoms with Gasteiger partial charge in [-0.15, -0.1) is 0 Å². The first-order valence-electron chi connectivity index (χ1n) is 11.7. The Labute approximate surface area is 206 Å². The number of pyridine rings is 1. The van der Waals surface area contributed by atoms with Crippen LogP contribution in [0.25, 0.3) is 11.2 Å². The van der Waals surface area contributed by atoms with Gasteiger partial charge in [0.25, 0.3) is 5.91 Å². The van der Waals surface area contributed by atoms with Crippen molar-refractivity contribution < 1.29 is 23.5 Å². The van der Waals surface area contributed by atoms with E-state index in [1.807, 2.05) is 12.3 Å². The first-order chi connectivity index (χ1) is 17.4. The van der Waals surface area contributed by atoms with Crippen LogP contribution in [-0.4, -0.2) is 57.4 Å². The first-order valence-corrected chi connectivity index (χ1v) is 11.7. The van der Waals surface area contributed by atoms with Crippen LogP contribution in [0.5, 0.6) is 5.88 Å². The fourth-order valence-corrected chi connectivity index (χ4v) is 4.32. The number of halogens is 1. The largest absolute Gasteiger partial charge is 0.473 e. The molecule has 3 N–H and O–H groups in total. The smallest absolute Gasteiger partial charge is 0.407 e. The van der Waals surface area contributed by atoms with Gasteiger partial charge in [0.05, 0.1) is 26.0 Å². The van der Waals surface area contributed by atoms with Gasteiger partial charge in [-0.25, -0.2) is 23.7 Å². The second kappa shape index (κ2) is 9.80. The molecule has 0 aromatic carbocycles. The van der Waals surface area contributed by atoms with Crippen molar-refractivity contribution in [2.45, 2.75) is 44.9 Å². The van der Waals surface area contributed by atoms with Gasteiger partial charge in [-0.1, -0.05) is 6.08 Å². The van der Waals surface area contributed by atoms with Gasteiger partial charge in [0.15, 0.2) is 5.65 Å². The zero-order valence-corrected chi connectivity index (χ0v) is 19.9. The summed E-state index contributed by atoms with van der Waals surface area (Å²) in [7, 11) is 1.34. The normalized spacial score (nSPS) is 20.0. The Balaban J connectivity index is 1.54. The third kappa shape index (κ3) is 4.79. The Hall–Kier alpha value is -4.22. The average molecular weight is 496 g/mol. The van der Waals surface area contributed by atoms with Gasteiger partial charge in [0, 0.05) is 29.9 Å². The molecule has 0 fully saturated rings. The van der Waals surface area contributed by atoms with Crippen molar-refractivity contribution in [1.29, 1.82) is 0 Å². The lowest BCUT2D eigenvalue weighted by Crippen LogP contribution is -2.35. The van der Waals surface area contributed by atoms with Crippen molar-refractivity contribution in [3.8, 4) is 5.88 Å². The van der Waals surface area contributed by atoms with E-state index in [2.05, 4.69) is 26.0 Å². The fourth-order valence-electron chi connectivity index (χ4n) is 4.32. The fraction of sp³-hybridized carbons (Fsp3) is 0.375. The molecule has 2 amide bonds. The van der Waals surface area contributed by atoms with Gasteiger partial charge in [0.1, 0.15) is 23.3 Å². The lowest BCUT2D eigenvalue weighted by molar-refractivity contribution is 0.0932. The summed E-state index contributed by atoms with van der Waals surface area (Å²) >= 11 is 0. The summed E-state index contributed by atoms with van der Waals surface area (Å²) in [5.74, 6) is -0.00798. The number of aromatic nitrogens is 4. The molecular weight excluding hydrogens is 469 g/mol. The van der Waals surface area contributed by atoms with E-state index in [0.717, 1.165) is 23.8 Å². The highest BCUT2D eigenvalue weighted by Crippen LogP contribution is 2.32. The zero-order chi connectivity index (χ0) is 25.2. The highest BCUT2D eigenvalue weighted by Gasteiger charge is 2.23. The van der Waals surface area contributed by atoms with Crippen molar-refractivity contribution in [1.82, 2.24) is 30.2 Å². The van der Waals surface area contributed by atoms with E-state index in [1.54, 1.807) is 11.4 Å². The van der Waals surface area contributed by atoms with Crippen LogP contribution in [0, 0.1) is 5.82 Å². The minimum Gasteiger partial charge on any atom is -0.473 e. The summed E-state index contributed by atoms with van der Waals surface area (Å²) in [6, 6.07) is 1.34. The maximum absolute atomic E-state index is 14.0. The third-order valence-electron chi connectivity index (χ3n) is 6.20. The quantitative estimate of drug-likeness (QED) is 0.495. The molecule has 0 radical (unpaired) electrons. The molecule has 1 aliphatic carbocycles. The summed E-state index contributed by atoms with van der Waals surface area (Å²) in [5, 5.41) is 13.3. The lowest BCUT2D eigenvalue weighted by Gasteiger charge is -2.24. The molecule has 0 saturated carbocycles.